The molecule has 0 saturated heterocycles. The number of hydrogen-bond donors (Lipinski definition) is 1. The van der Waals surface area contributed by atoms with E-state index in [1.807, 2.05) is 30.3 Å². The molecular formula is C19H20ClNO3. The molecule has 4 nitrogen and oxygen atoms in total. The Kier molecular flexibility index (Phi) is 4.95. The molecule has 1 aliphatic heterocycles. The maximum atomic E-state index is 12.3. The molecule has 0 spiro atoms. The van der Waals surface area contributed by atoms with Gasteiger partial charge < -0.3 is 14.8 Å². The number of rotatable bonds is 4. The molecule has 0 atom stereocenters. The Morgan fingerprint density at radius 3 is 2.58 bits per heavy atom. The molecular weight excluding hydrogens is 326 g/mol. The smallest absolute Gasteiger partial charge is 0.228 e. The number of anilines is 1. The van der Waals surface area contributed by atoms with Crippen LogP contribution in [0.4, 0.5) is 5.69 Å². The van der Waals surface area contributed by atoms with Crippen LogP contribution in [0.2, 0.25) is 5.02 Å². The summed E-state index contributed by atoms with van der Waals surface area (Å²) in [6, 6.07) is 11.5. The van der Waals surface area contributed by atoms with Crippen molar-refractivity contribution in [2.75, 3.05) is 18.5 Å². The first-order valence-corrected chi connectivity index (χ1v) is 8.38. The molecule has 1 amide bonds. The van der Waals surface area contributed by atoms with Crippen LogP contribution >= 0.6 is 11.6 Å². The van der Waals surface area contributed by atoms with Gasteiger partial charge in [0, 0.05) is 5.69 Å². The van der Waals surface area contributed by atoms with Crippen molar-refractivity contribution in [3.63, 3.8) is 0 Å². The fourth-order valence-corrected chi connectivity index (χ4v) is 2.90. The van der Waals surface area contributed by atoms with Gasteiger partial charge in [-0.1, -0.05) is 37.6 Å². The molecule has 0 aliphatic carbocycles. The van der Waals surface area contributed by atoms with E-state index < -0.39 is 0 Å². The number of benzene rings is 2. The third kappa shape index (κ3) is 3.82. The summed E-state index contributed by atoms with van der Waals surface area (Å²) in [7, 11) is 0. The molecule has 126 valence electrons. The molecule has 0 radical (unpaired) electrons. The van der Waals surface area contributed by atoms with Gasteiger partial charge in [-0.2, -0.15) is 0 Å². The number of ether oxygens (including phenoxy) is 2. The van der Waals surface area contributed by atoms with Crippen LogP contribution in [0.15, 0.2) is 36.4 Å². The molecule has 2 aromatic carbocycles. The minimum atomic E-state index is -0.0972. The number of hydrogen-bond acceptors (Lipinski definition) is 3. The summed E-state index contributed by atoms with van der Waals surface area (Å²) in [5.74, 6) is 1.52. The largest absolute Gasteiger partial charge is 0.486 e. The Bertz CT molecular complexity index is 741. The van der Waals surface area contributed by atoms with E-state index in [2.05, 4.69) is 19.2 Å². The average Bonchev–Trinajstić information content (AvgIpc) is 2.55. The quantitative estimate of drug-likeness (QED) is 0.892. The van der Waals surface area contributed by atoms with Gasteiger partial charge in [0.2, 0.25) is 5.91 Å². The van der Waals surface area contributed by atoms with Crippen molar-refractivity contribution in [2.45, 2.75) is 26.2 Å². The zero-order valence-electron chi connectivity index (χ0n) is 13.8. The highest BCUT2D eigenvalue weighted by atomic mass is 35.5. The van der Waals surface area contributed by atoms with Crippen LogP contribution in [0.5, 0.6) is 11.5 Å². The molecule has 3 rings (SSSR count). The number of carbonyl (C=O) groups excluding carboxylic acids is 1. The van der Waals surface area contributed by atoms with Crippen molar-refractivity contribution < 1.29 is 14.3 Å². The first-order chi connectivity index (χ1) is 11.5. The predicted octanol–water partition coefficient (Wildman–Crippen LogP) is 4.42. The van der Waals surface area contributed by atoms with Crippen LogP contribution < -0.4 is 14.8 Å². The molecule has 1 heterocycles. The normalized spacial score (nSPS) is 13.0. The number of carbonyl (C=O) groups is 1. The van der Waals surface area contributed by atoms with Crippen molar-refractivity contribution in [2.24, 2.45) is 0 Å². The summed E-state index contributed by atoms with van der Waals surface area (Å²) in [6.45, 7) is 5.25. The fraction of sp³-hybridized carbons (Fsp3) is 0.316. The lowest BCUT2D eigenvalue weighted by atomic mass is 10.0. The van der Waals surface area contributed by atoms with Crippen molar-refractivity contribution in [1.82, 2.24) is 0 Å². The molecule has 2 aromatic rings. The van der Waals surface area contributed by atoms with Gasteiger partial charge in [0.1, 0.15) is 13.2 Å². The lowest BCUT2D eigenvalue weighted by Crippen LogP contribution is -2.17. The van der Waals surface area contributed by atoms with E-state index in [4.69, 9.17) is 21.1 Å². The fourth-order valence-electron chi connectivity index (χ4n) is 2.61. The summed E-state index contributed by atoms with van der Waals surface area (Å²) < 4.78 is 11.0. The zero-order chi connectivity index (χ0) is 17.1. The molecule has 0 aromatic heterocycles. The van der Waals surface area contributed by atoms with Gasteiger partial charge in [-0.05, 0) is 41.3 Å². The van der Waals surface area contributed by atoms with Crippen LogP contribution in [0, 0.1) is 0 Å². The van der Waals surface area contributed by atoms with E-state index in [0.717, 1.165) is 11.3 Å². The summed E-state index contributed by atoms with van der Waals surface area (Å²) in [6.07, 6.45) is 0.224. The van der Waals surface area contributed by atoms with E-state index in [0.29, 0.717) is 35.7 Å². The maximum absolute atomic E-state index is 12.3. The number of amides is 1. The highest BCUT2D eigenvalue weighted by Gasteiger charge is 2.17. The third-order valence-electron chi connectivity index (χ3n) is 3.88. The molecule has 0 unspecified atom stereocenters. The van der Waals surface area contributed by atoms with Gasteiger partial charge in [-0.15, -0.1) is 0 Å². The third-order valence-corrected chi connectivity index (χ3v) is 4.16. The monoisotopic (exact) mass is 345 g/mol. The van der Waals surface area contributed by atoms with Gasteiger partial charge in [-0.3, -0.25) is 4.79 Å². The molecule has 5 heteroatoms. The molecule has 24 heavy (non-hydrogen) atoms. The van der Waals surface area contributed by atoms with Gasteiger partial charge in [0.15, 0.2) is 11.5 Å². The van der Waals surface area contributed by atoms with E-state index in [-0.39, 0.29) is 12.3 Å². The molecule has 0 fully saturated rings. The second-order valence-electron chi connectivity index (χ2n) is 6.10. The maximum Gasteiger partial charge on any atom is 0.228 e. The number of halogens is 1. The summed E-state index contributed by atoms with van der Waals surface area (Å²) in [5.41, 5.74) is 2.82. The summed E-state index contributed by atoms with van der Waals surface area (Å²) >= 11 is 6.20. The zero-order valence-corrected chi connectivity index (χ0v) is 14.5. The van der Waals surface area contributed by atoms with Crippen molar-refractivity contribution in [3.8, 4) is 11.5 Å². The highest BCUT2D eigenvalue weighted by molar-refractivity contribution is 6.32. The standard InChI is InChI=1S/C19H20ClNO3/c1-12(2)14-3-5-15(6-4-14)21-18(22)11-13-9-16(20)19-17(10-13)23-7-8-24-19/h3-6,9-10,12H,7-8,11H2,1-2H3,(H,21,22). The van der Waals surface area contributed by atoms with Crippen molar-refractivity contribution in [3.05, 3.63) is 52.5 Å². The second kappa shape index (κ2) is 7.14. The first kappa shape index (κ1) is 16.7. The van der Waals surface area contributed by atoms with Gasteiger partial charge in [0.25, 0.3) is 0 Å². The Morgan fingerprint density at radius 1 is 1.17 bits per heavy atom. The van der Waals surface area contributed by atoms with E-state index >= 15 is 0 Å². The molecule has 0 saturated carbocycles. The number of fused-ring (bicyclic) bond motifs is 1. The molecule has 0 bridgehead atoms. The highest BCUT2D eigenvalue weighted by Crippen LogP contribution is 2.38. The van der Waals surface area contributed by atoms with Gasteiger partial charge >= 0.3 is 0 Å². The molecule has 1 aliphatic rings. The van der Waals surface area contributed by atoms with Crippen LogP contribution in [0.25, 0.3) is 0 Å². The first-order valence-electron chi connectivity index (χ1n) is 8.01. The Morgan fingerprint density at radius 2 is 1.88 bits per heavy atom. The Labute approximate surface area is 146 Å². The van der Waals surface area contributed by atoms with E-state index in [9.17, 15) is 4.79 Å². The topological polar surface area (TPSA) is 47.6 Å². The van der Waals surface area contributed by atoms with Gasteiger partial charge in [-0.25, -0.2) is 0 Å². The lowest BCUT2D eigenvalue weighted by molar-refractivity contribution is -0.115. The van der Waals surface area contributed by atoms with Crippen LogP contribution in [-0.4, -0.2) is 19.1 Å². The SMILES string of the molecule is CC(C)c1ccc(NC(=O)Cc2cc(Cl)c3c(c2)OCCO3)cc1. The summed E-state index contributed by atoms with van der Waals surface area (Å²) in [4.78, 5) is 12.3. The summed E-state index contributed by atoms with van der Waals surface area (Å²) in [5, 5.41) is 3.37. The average molecular weight is 346 g/mol. The minimum Gasteiger partial charge on any atom is -0.486 e. The van der Waals surface area contributed by atoms with Crippen LogP contribution in [0.1, 0.15) is 30.9 Å². The van der Waals surface area contributed by atoms with E-state index in [1.54, 1.807) is 6.07 Å². The number of nitrogens with one attached hydrogen (secondary N) is 1. The second-order valence-corrected chi connectivity index (χ2v) is 6.51. The predicted molar refractivity (Wildman–Crippen MR) is 95.3 cm³/mol. The van der Waals surface area contributed by atoms with Crippen molar-refractivity contribution in [1.29, 1.82) is 0 Å². The lowest BCUT2D eigenvalue weighted by Gasteiger charge is -2.20. The molecule has 1 N–H and O–H groups in total. The van der Waals surface area contributed by atoms with Crippen LogP contribution in [0.3, 0.4) is 0 Å². The van der Waals surface area contributed by atoms with Gasteiger partial charge in [0.05, 0.1) is 11.4 Å². The van der Waals surface area contributed by atoms with E-state index in [1.165, 1.54) is 5.56 Å². The Hall–Kier alpha value is -2.20. The van der Waals surface area contributed by atoms with Crippen LogP contribution in [-0.2, 0) is 11.2 Å². The van der Waals surface area contributed by atoms with Crippen molar-refractivity contribution >= 4 is 23.2 Å². The Balaban J connectivity index is 1.67. The minimum absolute atomic E-state index is 0.0972.